The fraction of sp³-hybridized carbons (Fsp3) is 0.393. The van der Waals surface area contributed by atoms with E-state index in [1.807, 2.05) is 25.1 Å². The summed E-state index contributed by atoms with van der Waals surface area (Å²) < 4.78 is 41.5. The predicted octanol–water partition coefficient (Wildman–Crippen LogP) is 7.50. The molecule has 3 aromatic rings. The number of anilines is 2. The number of aromatic nitrogens is 2. The van der Waals surface area contributed by atoms with Crippen LogP contribution < -0.4 is 15.0 Å². The number of nitrogens with one attached hydrogen (secondary N) is 1. The third-order valence-electron chi connectivity index (χ3n) is 7.38. The normalized spacial score (nSPS) is 17.0. The maximum absolute atomic E-state index is 12.9. The number of fused-ring (bicyclic) bond motifs is 1. The van der Waals surface area contributed by atoms with Gasteiger partial charge in [-0.05, 0) is 87.7 Å². The lowest BCUT2D eigenvalue weighted by atomic mass is 10.0. The first-order chi connectivity index (χ1) is 19.9. The monoisotopic (exact) mass is 621 g/mol. The molecule has 0 aliphatic carbocycles. The van der Waals surface area contributed by atoms with Crippen molar-refractivity contribution in [3.63, 3.8) is 0 Å². The first-order valence-corrected chi connectivity index (χ1v) is 15.5. The Bertz CT molecular complexity index is 1370. The highest BCUT2D eigenvalue weighted by molar-refractivity contribution is 8.29. The summed E-state index contributed by atoms with van der Waals surface area (Å²) in [7, 11) is 0. The van der Waals surface area contributed by atoms with Crippen LogP contribution >= 0.6 is 36.4 Å². The van der Waals surface area contributed by atoms with Crippen LogP contribution in [-0.4, -0.2) is 56.6 Å². The van der Waals surface area contributed by atoms with E-state index in [2.05, 4.69) is 15.1 Å². The van der Waals surface area contributed by atoms with Crippen LogP contribution in [0, 0.1) is 6.92 Å². The van der Waals surface area contributed by atoms with Crippen molar-refractivity contribution < 1.29 is 21.2 Å². The second-order valence-corrected chi connectivity index (χ2v) is 13.0. The smallest absolute Gasteiger partial charge is 0.338 e. The number of benzene rings is 2. The molecule has 41 heavy (non-hydrogen) atoms. The van der Waals surface area contributed by atoms with E-state index in [9.17, 15) is 16.5 Å². The lowest BCUT2D eigenvalue weighted by Crippen LogP contribution is -2.44. The van der Waals surface area contributed by atoms with Gasteiger partial charge in [-0.1, -0.05) is 12.1 Å². The van der Waals surface area contributed by atoms with Gasteiger partial charge < -0.3 is 19.9 Å². The van der Waals surface area contributed by atoms with Crippen molar-refractivity contribution in [2.24, 2.45) is 0 Å². The number of likely N-dealkylation sites (tertiary alicyclic amines) is 1. The molecule has 2 aliphatic heterocycles. The van der Waals surface area contributed by atoms with E-state index in [1.54, 1.807) is 18.2 Å². The molecule has 2 saturated heterocycles. The highest BCUT2D eigenvalue weighted by Crippen LogP contribution is 2.49. The van der Waals surface area contributed by atoms with E-state index >= 15 is 0 Å². The van der Waals surface area contributed by atoms with Crippen LogP contribution in [0.1, 0.15) is 36.9 Å². The average Bonchev–Trinajstić information content (AvgIpc) is 3.55. The average molecular weight is 622 g/mol. The fourth-order valence-corrected chi connectivity index (χ4v) is 5.92. The van der Waals surface area contributed by atoms with Gasteiger partial charge >= 0.3 is 3.60 Å². The maximum Gasteiger partial charge on any atom is 0.338 e. The molecule has 1 amide bonds. The van der Waals surface area contributed by atoms with Gasteiger partial charge in [-0.25, -0.2) is 9.97 Å². The van der Waals surface area contributed by atoms with Crippen LogP contribution in [0.3, 0.4) is 0 Å². The molecule has 1 N–H and O–H groups in total. The highest BCUT2D eigenvalue weighted by atomic mass is 32.3. The first kappa shape index (κ1) is 29.9. The molecule has 13 heteroatoms. The van der Waals surface area contributed by atoms with Gasteiger partial charge in [0.1, 0.15) is 42.2 Å². The van der Waals surface area contributed by atoms with E-state index in [1.165, 1.54) is 44.1 Å². The van der Waals surface area contributed by atoms with Gasteiger partial charge in [-0.3, -0.25) is 4.79 Å². The molecule has 0 bridgehead atoms. The van der Waals surface area contributed by atoms with Crippen LogP contribution in [0.2, 0.25) is 0 Å². The fourth-order valence-electron chi connectivity index (χ4n) is 5.25. The van der Waals surface area contributed by atoms with Crippen molar-refractivity contribution in [3.8, 4) is 5.75 Å². The molecular weight excluding hydrogens is 592 g/mol. The zero-order valence-electron chi connectivity index (χ0n) is 22.4. The highest BCUT2D eigenvalue weighted by Gasteiger charge is 2.40. The van der Waals surface area contributed by atoms with Crippen molar-refractivity contribution in [2.75, 3.05) is 36.4 Å². The molecule has 0 saturated carbocycles. The van der Waals surface area contributed by atoms with Crippen LogP contribution in [0.5, 0.6) is 5.75 Å². The number of amides is 1. The third kappa shape index (κ3) is 7.25. The summed E-state index contributed by atoms with van der Waals surface area (Å²) >= 11 is -1.74. The second-order valence-electron chi connectivity index (χ2n) is 10.0. The van der Waals surface area contributed by atoms with Gasteiger partial charge in [-0.15, -0.1) is 0 Å². The lowest BCUT2D eigenvalue weighted by molar-refractivity contribution is -0.111. The van der Waals surface area contributed by atoms with Crippen LogP contribution in [0.15, 0.2) is 48.5 Å². The molecule has 5 rings (SSSR count). The summed E-state index contributed by atoms with van der Waals surface area (Å²) in [6.45, 7) is 6.30. The van der Waals surface area contributed by atoms with Gasteiger partial charge in [-0.2, -0.15) is 11.7 Å². The van der Waals surface area contributed by atoms with E-state index in [-0.39, 0.29) is 11.7 Å². The Balaban J connectivity index is 1.19. The molecule has 0 atom stereocenters. The number of piperidine rings is 1. The number of halogens is 3. The van der Waals surface area contributed by atoms with Crippen molar-refractivity contribution in [1.29, 1.82) is 0 Å². The number of carbonyl (C=O) groups is 1. The van der Waals surface area contributed by atoms with Gasteiger partial charge in [0.15, 0.2) is 0 Å². The first-order valence-electron chi connectivity index (χ1n) is 13.4. The van der Waals surface area contributed by atoms with Crippen molar-refractivity contribution in [3.05, 3.63) is 59.8 Å². The minimum atomic E-state index is -2.37. The zero-order valence-corrected chi connectivity index (χ0v) is 24.8. The van der Waals surface area contributed by atoms with E-state index in [0.717, 1.165) is 48.5 Å². The van der Waals surface area contributed by atoms with Gasteiger partial charge in [0.05, 0.1) is 11.2 Å². The molecule has 3 heterocycles. The minimum absolute atomic E-state index is 0.0792. The van der Waals surface area contributed by atoms with Crippen molar-refractivity contribution in [1.82, 2.24) is 14.9 Å². The van der Waals surface area contributed by atoms with E-state index in [0.29, 0.717) is 17.3 Å². The van der Waals surface area contributed by atoms with Crippen LogP contribution in [-0.2, 0) is 4.79 Å². The summed E-state index contributed by atoms with van der Waals surface area (Å²) in [5.41, 5.74) is 2.95. The number of hydrogen-bond donors (Lipinski definition) is 1. The Hall–Kier alpha value is -2.61. The maximum atomic E-state index is 12.9. The van der Waals surface area contributed by atoms with Crippen molar-refractivity contribution >= 4 is 71.0 Å². The van der Waals surface area contributed by atoms with Gasteiger partial charge in [0.2, 0.25) is 11.9 Å². The third-order valence-corrected chi connectivity index (χ3v) is 9.33. The van der Waals surface area contributed by atoms with E-state index < -0.39 is 40.0 Å². The summed E-state index contributed by atoms with van der Waals surface area (Å²) in [6.07, 6.45) is 7.84. The molecule has 2 fully saturated rings. The molecule has 0 radical (unpaired) electrons. The van der Waals surface area contributed by atoms with Crippen molar-refractivity contribution in [2.45, 2.75) is 42.2 Å². The Morgan fingerprint density at radius 1 is 1.00 bits per heavy atom. The van der Waals surface area contributed by atoms with Crippen LogP contribution in [0.4, 0.5) is 23.3 Å². The lowest BCUT2D eigenvalue weighted by Gasteiger charge is -2.36. The number of hydrogen-bond acceptors (Lipinski definition) is 9. The molecular formula is C28H30F3N5O2S3. The topological polar surface area (TPSA) is 70.6 Å². The number of carbonyl (C=O) groups excluding carboxylic acids is 1. The summed E-state index contributed by atoms with van der Waals surface area (Å²) in [5, 5.41) is 3.73. The zero-order chi connectivity index (χ0) is 28.8. The molecule has 1 aromatic heterocycles. The molecule has 0 unspecified atom stereocenters. The largest absolute Gasteiger partial charge is 0.451 e. The Labute approximate surface area is 250 Å². The number of rotatable bonds is 10. The Morgan fingerprint density at radius 2 is 1.68 bits per heavy atom. The quantitative estimate of drug-likeness (QED) is 0.183. The van der Waals surface area contributed by atoms with Gasteiger partial charge in [0, 0.05) is 36.3 Å². The standard InChI is InChI=1S/C28H30F3N5O2S3/c1-19-24-18-21(33-26(37)11-6-20-4-8-23(9-5-20)38-28(39-29,40-30)41-31)7-10-25(24)34-27(32-19)36-16-12-22(13-17-36)35-14-2-3-15-35/h4-11,18,22H,2-3,12-17H2,1H3,(H,33,37). The SMILES string of the molecule is Cc1nc(N2CCC(N3CCCC3)CC2)nc2ccc(NC(=O)C=Cc3ccc(OC(SF)(SF)SF)cc3)cc12. The van der Waals surface area contributed by atoms with E-state index in [4.69, 9.17) is 14.7 Å². The molecule has 0 spiro atoms. The summed E-state index contributed by atoms with van der Waals surface area (Å²) in [6, 6.07) is 12.3. The van der Waals surface area contributed by atoms with Gasteiger partial charge in [0.25, 0.3) is 0 Å². The summed E-state index contributed by atoms with van der Waals surface area (Å²) in [5.74, 6) is 0.499. The molecule has 2 aliphatic rings. The number of ether oxygens (including phenoxy) is 1. The number of aryl methyl sites for hydroxylation is 1. The predicted molar refractivity (Wildman–Crippen MR) is 164 cm³/mol. The second kappa shape index (κ2) is 13.6. The molecule has 7 nitrogen and oxygen atoms in total. The summed E-state index contributed by atoms with van der Waals surface area (Å²) in [4.78, 5) is 27.1. The Morgan fingerprint density at radius 3 is 2.34 bits per heavy atom. The molecule has 218 valence electrons. The van der Waals surface area contributed by atoms with Crippen LogP contribution in [0.25, 0.3) is 17.0 Å². The molecule has 2 aromatic carbocycles. The Kier molecular flexibility index (Phi) is 9.89. The number of nitrogens with zero attached hydrogens (tertiary/aromatic N) is 4. The minimum Gasteiger partial charge on any atom is -0.451 e.